The molecule has 0 saturated heterocycles. The van der Waals surface area contributed by atoms with Crippen molar-refractivity contribution in [2.24, 2.45) is 0 Å². The normalized spacial score (nSPS) is 14.7. The first-order valence-corrected chi connectivity index (χ1v) is 8.21. The van der Waals surface area contributed by atoms with Crippen molar-refractivity contribution in [1.82, 2.24) is 9.78 Å². The molecule has 1 heterocycles. The van der Waals surface area contributed by atoms with E-state index >= 15 is 0 Å². The van der Waals surface area contributed by atoms with E-state index in [0.29, 0.717) is 11.4 Å². The van der Waals surface area contributed by atoms with Gasteiger partial charge in [0.25, 0.3) is 5.56 Å². The minimum absolute atomic E-state index is 0.0188. The summed E-state index contributed by atoms with van der Waals surface area (Å²) >= 11 is 3.30. The fourth-order valence-corrected chi connectivity index (χ4v) is 2.54. The molecule has 0 radical (unpaired) electrons. The van der Waals surface area contributed by atoms with Crippen molar-refractivity contribution in [2.45, 2.75) is 31.5 Å². The minimum atomic E-state index is -4.68. The van der Waals surface area contributed by atoms with Crippen LogP contribution in [0.2, 0.25) is 0 Å². The van der Waals surface area contributed by atoms with Crippen LogP contribution in [-0.2, 0) is 12.7 Å². The Morgan fingerprint density at radius 1 is 1.25 bits per heavy atom. The smallest absolute Gasteiger partial charge is 0.421 e. The first kappa shape index (κ1) is 17.0. The summed E-state index contributed by atoms with van der Waals surface area (Å²) in [5.74, 6) is 0.589. The van der Waals surface area contributed by atoms with Crippen LogP contribution in [-0.4, -0.2) is 16.4 Å². The van der Waals surface area contributed by atoms with E-state index in [-0.39, 0.29) is 19.1 Å². The lowest BCUT2D eigenvalue weighted by molar-refractivity contribution is -0.139. The van der Waals surface area contributed by atoms with E-state index in [2.05, 4.69) is 21.0 Å². The first-order chi connectivity index (χ1) is 11.3. The zero-order chi connectivity index (χ0) is 17.3. The molecule has 24 heavy (non-hydrogen) atoms. The molecule has 0 bridgehead atoms. The third kappa shape index (κ3) is 3.98. The fraction of sp³-hybridized carbons (Fsp3) is 0.375. The summed E-state index contributed by atoms with van der Waals surface area (Å²) in [7, 11) is 0. The summed E-state index contributed by atoms with van der Waals surface area (Å²) in [6, 6.07) is 7.90. The van der Waals surface area contributed by atoms with Gasteiger partial charge in [0.1, 0.15) is 17.9 Å². The first-order valence-electron chi connectivity index (χ1n) is 7.42. The van der Waals surface area contributed by atoms with Gasteiger partial charge in [0.2, 0.25) is 0 Å². The Morgan fingerprint density at radius 3 is 2.50 bits per heavy atom. The molecular formula is C16H14BrF3N2O2. The van der Waals surface area contributed by atoms with E-state index in [0.717, 1.165) is 28.1 Å². The fourth-order valence-electron chi connectivity index (χ4n) is 2.28. The van der Waals surface area contributed by atoms with Gasteiger partial charge in [-0.1, -0.05) is 15.9 Å². The molecule has 1 aliphatic rings. The number of nitrogens with zero attached hydrogens (tertiary/aromatic N) is 2. The van der Waals surface area contributed by atoms with E-state index in [1.54, 1.807) is 24.3 Å². The van der Waals surface area contributed by atoms with Crippen LogP contribution in [0.3, 0.4) is 0 Å². The van der Waals surface area contributed by atoms with Gasteiger partial charge < -0.3 is 4.74 Å². The Kier molecular flexibility index (Phi) is 4.67. The lowest BCUT2D eigenvalue weighted by Crippen LogP contribution is -2.33. The van der Waals surface area contributed by atoms with Crippen LogP contribution in [0.5, 0.6) is 5.75 Å². The topological polar surface area (TPSA) is 44.1 Å². The highest BCUT2D eigenvalue weighted by Gasteiger charge is 2.37. The SMILES string of the molecule is O=c1c(C(F)(F)F)cc(C2CC2)nn1CCOc1ccc(Br)cc1. The molecule has 1 fully saturated rings. The monoisotopic (exact) mass is 402 g/mol. The molecule has 2 aromatic rings. The Hall–Kier alpha value is -1.83. The zero-order valence-corrected chi connectivity index (χ0v) is 14.1. The van der Waals surface area contributed by atoms with Gasteiger partial charge in [-0.3, -0.25) is 4.79 Å². The molecule has 128 valence electrons. The van der Waals surface area contributed by atoms with Crippen LogP contribution in [0, 0.1) is 0 Å². The molecule has 0 amide bonds. The number of halogens is 4. The summed E-state index contributed by atoms with van der Waals surface area (Å²) in [5, 5.41) is 4.07. The Morgan fingerprint density at radius 2 is 1.92 bits per heavy atom. The number of aromatic nitrogens is 2. The molecule has 1 saturated carbocycles. The van der Waals surface area contributed by atoms with E-state index < -0.39 is 17.3 Å². The summed E-state index contributed by atoms with van der Waals surface area (Å²) in [6.45, 7) is 0.0124. The van der Waals surface area contributed by atoms with E-state index in [1.165, 1.54) is 0 Å². The van der Waals surface area contributed by atoms with Gasteiger partial charge in [-0.2, -0.15) is 18.3 Å². The van der Waals surface area contributed by atoms with Gasteiger partial charge in [-0.25, -0.2) is 4.68 Å². The molecule has 0 unspecified atom stereocenters. The maximum absolute atomic E-state index is 13.0. The van der Waals surface area contributed by atoms with Gasteiger partial charge >= 0.3 is 6.18 Å². The number of benzene rings is 1. The Labute approximate surface area is 144 Å². The van der Waals surface area contributed by atoms with Crippen molar-refractivity contribution in [3.8, 4) is 5.75 Å². The van der Waals surface area contributed by atoms with Crippen molar-refractivity contribution in [3.05, 3.63) is 56.4 Å². The van der Waals surface area contributed by atoms with Crippen molar-refractivity contribution < 1.29 is 17.9 Å². The summed E-state index contributed by atoms with van der Waals surface area (Å²) < 4.78 is 46.3. The van der Waals surface area contributed by atoms with Crippen LogP contribution >= 0.6 is 15.9 Å². The summed E-state index contributed by atoms with van der Waals surface area (Å²) in [4.78, 5) is 12.0. The highest BCUT2D eigenvalue weighted by molar-refractivity contribution is 9.10. The van der Waals surface area contributed by atoms with Crippen molar-refractivity contribution in [3.63, 3.8) is 0 Å². The highest BCUT2D eigenvalue weighted by Crippen LogP contribution is 2.40. The summed E-state index contributed by atoms with van der Waals surface area (Å²) in [5.41, 5.74) is -1.97. The maximum atomic E-state index is 13.0. The molecule has 4 nitrogen and oxygen atoms in total. The molecule has 0 N–H and O–H groups in total. The molecular weight excluding hydrogens is 389 g/mol. The van der Waals surface area contributed by atoms with Gasteiger partial charge in [0.05, 0.1) is 12.2 Å². The quantitative estimate of drug-likeness (QED) is 0.759. The molecule has 8 heteroatoms. The molecule has 1 aliphatic carbocycles. The molecule has 0 aliphatic heterocycles. The van der Waals surface area contributed by atoms with Crippen LogP contribution in [0.25, 0.3) is 0 Å². The Bertz CT molecular complexity index is 783. The third-order valence-corrected chi connectivity index (χ3v) is 4.21. The van der Waals surface area contributed by atoms with E-state index in [1.807, 2.05) is 0 Å². The van der Waals surface area contributed by atoms with E-state index in [4.69, 9.17) is 4.74 Å². The van der Waals surface area contributed by atoms with Crippen LogP contribution < -0.4 is 10.3 Å². The second kappa shape index (κ2) is 6.58. The molecule has 3 rings (SSSR count). The third-order valence-electron chi connectivity index (χ3n) is 3.68. The number of ether oxygens (including phenoxy) is 1. The lowest BCUT2D eigenvalue weighted by atomic mass is 10.2. The molecule has 0 spiro atoms. The van der Waals surface area contributed by atoms with Crippen molar-refractivity contribution >= 4 is 15.9 Å². The number of hydrogen-bond donors (Lipinski definition) is 0. The van der Waals surface area contributed by atoms with Gasteiger partial charge in [0.15, 0.2) is 0 Å². The number of rotatable bonds is 5. The molecule has 0 atom stereocenters. The molecule has 1 aromatic heterocycles. The van der Waals surface area contributed by atoms with Gasteiger partial charge in [0, 0.05) is 10.4 Å². The predicted octanol–water partition coefficient (Wildman–Crippen LogP) is 3.98. The number of alkyl halides is 3. The van der Waals surface area contributed by atoms with Gasteiger partial charge in [-0.15, -0.1) is 0 Å². The van der Waals surface area contributed by atoms with Crippen molar-refractivity contribution in [2.75, 3.05) is 6.61 Å². The van der Waals surface area contributed by atoms with Gasteiger partial charge in [-0.05, 0) is 43.2 Å². The Balaban J connectivity index is 1.78. The predicted molar refractivity (Wildman–Crippen MR) is 85.1 cm³/mol. The highest BCUT2D eigenvalue weighted by atomic mass is 79.9. The van der Waals surface area contributed by atoms with Crippen LogP contribution in [0.15, 0.2) is 39.6 Å². The minimum Gasteiger partial charge on any atom is -0.492 e. The lowest BCUT2D eigenvalue weighted by Gasteiger charge is -2.13. The average Bonchev–Trinajstić information content (AvgIpc) is 3.34. The van der Waals surface area contributed by atoms with Crippen LogP contribution in [0.4, 0.5) is 13.2 Å². The zero-order valence-electron chi connectivity index (χ0n) is 12.5. The standard InChI is InChI=1S/C16H14BrF3N2O2/c17-11-3-5-12(6-4-11)24-8-7-22-15(23)13(16(18,19)20)9-14(21-22)10-1-2-10/h3-6,9-10H,1-2,7-8H2. The second-order valence-corrected chi connectivity index (χ2v) is 6.50. The average molecular weight is 403 g/mol. The number of hydrogen-bond acceptors (Lipinski definition) is 3. The van der Waals surface area contributed by atoms with Crippen molar-refractivity contribution in [1.29, 1.82) is 0 Å². The molecule has 1 aromatic carbocycles. The van der Waals surface area contributed by atoms with E-state index in [9.17, 15) is 18.0 Å². The summed E-state index contributed by atoms with van der Waals surface area (Å²) in [6.07, 6.45) is -3.08. The second-order valence-electron chi connectivity index (χ2n) is 5.59. The maximum Gasteiger partial charge on any atom is 0.421 e. The largest absolute Gasteiger partial charge is 0.492 e. The van der Waals surface area contributed by atoms with Crippen LogP contribution in [0.1, 0.15) is 30.0 Å².